The first-order chi connectivity index (χ1) is 13.4. The molecule has 0 fully saturated rings. The molecule has 0 aliphatic rings. The summed E-state index contributed by atoms with van der Waals surface area (Å²) in [6.07, 6.45) is 0. The molecule has 0 unspecified atom stereocenters. The van der Waals surface area contributed by atoms with Crippen molar-refractivity contribution in [3.8, 4) is 0 Å². The molecule has 0 spiro atoms. The molecule has 4 aromatic rings. The smallest absolute Gasteiger partial charge is 0.280 e. The molecule has 4 rings (SSSR count). The Morgan fingerprint density at radius 3 is 2.57 bits per heavy atom. The van der Waals surface area contributed by atoms with Crippen LogP contribution in [-0.2, 0) is 16.8 Å². The summed E-state index contributed by atoms with van der Waals surface area (Å²) < 4.78 is 26.8. The van der Waals surface area contributed by atoms with Crippen LogP contribution < -0.4 is 10.4 Å². The highest BCUT2D eigenvalue weighted by Gasteiger charge is 2.19. The molecule has 0 N–H and O–H groups in total. The first kappa shape index (κ1) is 18.0. The summed E-state index contributed by atoms with van der Waals surface area (Å²) in [4.78, 5) is 19.1. The third-order valence-electron chi connectivity index (χ3n) is 4.10. The van der Waals surface area contributed by atoms with Crippen LogP contribution in [0.15, 0.2) is 52.2 Å². The molecular formula is C16H15N7O4S. The third-order valence-corrected chi connectivity index (χ3v) is 5.91. The van der Waals surface area contributed by atoms with Crippen molar-refractivity contribution >= 4 is 32.0 Å². The van der Waals surface area contributed by atoms with E-state index in [0.29, 0.717) is 21.9 Å². The quantitative estimate of drug-likeness (QED) is 0.453. The van der Waals surface area contributed by atoms with E-state index < -0.39 is 10.0 Å². The lowest BCUT2D eigenvalue weighted by molar-refractivity contribution is 0.0292. The van der Waals surface area contributed by atoms with E-state index in [4.69, 9.17) is 4.84 Å². The monoisotopic (exact) mass is 401 g/mol. The molecule has 0 radical (unpaired) electrons. The molecule has 2 aromatic carbocycles. The fourth-order valence-electron chi connectivity index (χ4n) is 2.56. The minimum atomic E-state index is -3.63. The Balaban J connectivity index is 1.67. The van der Waals surface area contributed by atoms with Gasteiger partial charge in [-0.15, -0.1) is 10.2 Å². The molecule has 0 saturated carbocycles. The lowest BCUT2D eigenvalue weighted by atomic mass is 10.2. The van der Waals surface area contributed by atoms with E-state index in [1.807, 2.05) is 0 Å². The van der Waals surface area contributed by atoms with Gasteiger partial charge in [0.25, 0.3) is 5.56 Å². The molecule has 0 aliphatic heterocycles. The van der Waals surface area contributed by atoms with Crippen LogP contribution in [-0.4, -0.2) is 57.0 Å². The Labute approximate surface area is 158 Å². The summed E-state index contributed by atoms with van der Waals surface area (Å²) >= 11 is 0. The van der Waals surface area contributed by atoms with E-state index >= 15 is 0 Å². The summed E-state index contributed by atoms with van der Waals surface area (Å²) in [6, 6.07) is 11.2. The van der Waals surface area contributed by atoms with E-state index in [-0.39, 0.29) is 17.2 Å². The van der Waals surface area contributed by atoms with Gasteiger partial charge in [-0.3, -0.25) is 4.79 Å². The maximum absolute atomic E-state index is 12.5. The molecule has 0 amide bonds. The molecular weight excluding hydrogens is 386 g/mol. The van der Waals surface area contributed by atoms with E-state index in [1.54, 1.807) is 24.3 Å². The van der Waals surface area contributed by atoms with Crippen LogP contribution in [0.5, 0.6) is 0 Å². The van der Waals surface area contributed by atoms with E-state index in [1.165, 1.54) is 32.3 Å². The number of benzene rings is 2. The van der Waals surface area contributed by atoms with Crippen molar-refractivity contribution in [1.29, 1.82) is 0 Å². The Hall–Kier alpha value is -3.38. The zero-order chi connectivity index (χ0) is 19.9. The first-order valence-corrected chi connectivity index (χ1v) is 9.56. The topological polar surface area (TPSA) is 125 Å². The van der Waals surface area contributed by atoms with Crippen LogP contribution in [0.3, 0.4) is 0 Å². The van der Waals surface area contributed by atoms with Gasteiger partial charge in [-0.2, -0.15) is 4.68 Å². The molecule has 0 atom stereocenters. The van der Waals surface area contributed by atoms with Crippen LogP contribution in [0.1, 0.15) is 0 Å². The summed E-state index contributed by atoms with van der Waals surface area (Å²) in [5.74, 6) is 0. The second kappa shape index (κ2) is 6.65. The van der Waals surface area contributed by atoms with Gasteiger partial charge in [0, 0.05) is 14.1 Å². The second-order valence-corrected chi connectivity index (χ2v) is 8.22. The van der Waals surface area contributed by atoms with Gasteiger partial charge in [0.05, 0.1) is 10.3 Å². The normalized spacial score (nSPS) is 12.1. The highest BCUT2D eigenvalue weighted by molar-refractivity contribution is 7.89. The van der Waals surface area contributed by atoms with Crippen LogP contribution >= 0.6 is 0 Å². The highest BCUT2D eigenvalue weighted by Crippen LogP contribution is 2.19. The zero-order valence-electron chi connectivity index (χ0n) is 14.9. The third kappa shape index (κ3) is 2.97. The van der Waals surface area contributed by atoms with E-state index in [9.17, 15) is 13.2 Å². The molecule has 11 nitrogen and oxygen atoms in total. The Morgan fingerprint density at radius 2 is 1.79 bits per heavy atom. The Bertz CT molecular complexity index is 1340. The molecule has 2 aromatic heterocycles. The predicted octanol–water partition coefficient (Wildman–Crippen LogP) is -0.127. The number of rotatable bonds is 5. The lowest BCUT2D eigenvalue weighted by Gasteiger charge is -2.11. The molecule has 2 heterocycles. The standard InChI is InChI=1S/C16H15N7O4S/c1-21(2)28(25,26)11-7-8-14-15(9-11)23(20-18-14)27-10-22-16(24)12-5-3-4-6-13(12)17-19-22/h3-9H,10H2,1-2H3. The summed E-state index contributed by atoms with van der Waals surface area (Å²) in [6.45, 7) is -0.278. The van der Waals surface area contributed by atoms with Gasteiger partial charge in [0.15, 0.2) is 0 Å². The number of fused-ring (bicyclic) bond motifs is 2. The van der Waals surface area contributed by atoms with Gasteiger partial charge in [-0.1, -0.05) is 22.2 Å². The maximum Gasteiger partial charge on any atom is 0.280 e. The van der Waals surface area contributed by atoms with Gasteiger partial charge in [-0.25, -0.2) is 12.7 Å². The van der Waals surface area contributed by atoms with Crippen LogP contribution in [0, 0.1) is 0 Å². The van der Waals surface area contributed by atoms with Crippen LogP contribution in [0.25, 0.3) is 21.9 Å². The lowest BCUT2D eigenvalue weighted by Crippen LogP contribution is -2.29. The van der Waals surface area contributed by atoms with E-state index in [2.05, 4.69) is 20.6 Å². The Kier molecular flexibility index (Phi) is 4.28. The fourth-order valence-corrected chi connectivity index (χ4v) is 3.48. The number of hydrogen-bond donors (Lipinski definition) is 0. The highest BCUT2D eigenvalue weighted by atomic mass is 32.2. The van der Waals surface area contributed by atoms with Gasteiger partial charge in [0.1, 0.15) is 16.6 Å². The van der Waals surface area contributed by atoms with E-state index in [0.717, 1.165) is 13.8 Å². The SMILES string of the molecule is CN(C)S(=O)(=O)c1ccc2nnn(OCn3nnc4ccccc4c3=O)c2c1. The minimum Gasteiger partial charge on any atom is -0.371 e. The average molecular weight is 401 g/mol. The van der Waals surface area contributed by atoms with Gasteiger partial charge in [0.2, 0.25) is 16.8 Å². The average Bonchev–Trinajstić information content (AvgIpc) is 3.10. The number of aromatic nitrogens is 6. The fraction of sp³-hybridized carbons (Fsp3) is 0.188. The molecule has 12 heteroatoms. The van der Waals surface area contributed by atoms with Crippen molar-refractivity contribution in [3.05, 3.63) is 52.8 Å². The van der Waals surface area contributed by atoms with Crippen molar-refractivity contribution < 1.29 is 13.3 Å². The molecule has 144 valence electrons. The van der Waals surface area contributed by atoms with Crippen molar-refractivity contribution in [2.24, 2.45) is 0 Å². The molecule has 0 aliphatic carbocycles. The maximum atomic E-state index is 12.5. The number of sulfonamides is 1. The van der Waals surface area contributed by atoms with Crippen molar-refractivity contribution in [2.75, 3.05) is 14.1 Å². The number of hydrogen-bond acceptors (Lipinski definition) is 8. The van der Waals surface area contributed by atoms with Crippen LogP contribution in [0.2, 0.25) is 0 Å². The van der Waals surface area contributed by atoms with Gasteiger partial charge in [-0.05, 0) is 35.5 Å². The molecule has 28 heavy (non-hydrogen) atoms. The number of nitrogens with zero attached hydrogens (tertiary/aromatic N) is 7. The molecule has 0 bridgehead atoms. The second-order valence-electron chi connectivity index (χ2n) is 6.07. The van der Waals surface area contributed by atoms with Crippen molar-refractivity contribution in [1.82, 2.24) is 34.5 Å². The minimum absolute atomic E-state index is 0.0693. The zero-order valence-corrected chi connectivity index (χ0v) is 15.7. The predicted molar refractivity (Wildman–Crippen MR) is 98.8 cm³/mol. The van der Waals surface area contributed by atoms with Gasteiger partial charge >= 0.3 is 0 Å². The Morgan fingerprint density at radius 1 is 1.04 bits per heavy atom. The summed E-state index contributed by atoms with van der Waals surface area (Å²) in [5.41, 5.74) is 0.888. The van der Waals surface area contributed by atoms with Gasteiger partial charge < -0.3 is 4.84 Å². The van der Waals surface area contributed by atoms with Crippen LogP contribution in [0.4, 0.5) is 0 Å². The molecule has 0 saturated heterocycles. The van der Waals surface area contributed by atoms with Crippen molar-refractivity contribution in [3.63, 3.8) is 0 Å². The largest absolute Gasteiger partial charge is 0.371 e. The first-order valence-electron chi connectivity index (χ1n) is 8.12. The van der Waals surface area contributed by atoms with Crippen molar-refractivity contribution in [2.45, 2.75) is 11.6 Å². The summed E-state index contributed by atoms with van der Waals surface area (Å²) in [7, 11) is -0.748. The summed E-state index contributed by atoms with van der Waals surface area (Å²) in [5, 5.41) is 16.0.